The molecule has 142 valence electrons. The highest BCUT2D eigenvalue weighted by Gasteiger charge is 2.43. The van der Waals surface area contributed by atoms with Crippen LogP contribution in [-0.4, -0.2) is 41.1 Å². The summed E-state index contributed by atoms with van der Waals surface area (Å²) in [5.74, 6) is 0. The zero-order chi connectivity index (χ0) is 18.6. The number of nitrogens with zero attached hydrogens (tertiary/aromatic N) is 1. The van der Waals surface area contributed by atoms with Gasteiger partial charge in [0.05, 0.1) is 22.6 Å². The van der Waals surface area contributed by atoms with Crippen LogP contribution in [0.4, 0.5) is 0 Å². The molecule has 0 bridgehead atoms. The third kappa shape index (κ3) is 5.81. The summed E-state index contributed by atoms with van der Waals surface area (Å²) in [6.45, 7) is 8.74. The van der Waals surface area contributed by atoms with E-state index in [1.807, 2.05) is 39.0 Å². The van der Waals surface area contributed by atoms with E-state index < -0.39 is 17.7 Å². The van der Waals surface area contributed by atoms with Crippen LogP contribution in [0.2, 0.25) is 0 Å². The fourth-order valence-corrected chi connectivity index (χ4v) is 5.18. The van der Waals surface area contributed by atoms with E-state index in [9.17, 15) is 9.66 Å². The molecule has 2 rings (SSSR count). The molecular weight excluding hydrogens is 449 g/mol. The lowest BCUT2D eigenvalue weighted by Gasteiger charge is -2.42. The van der Waals surface area contributed by atoms with Crippen LogP contribution in [0.15, 0.2) is 30.3 Å². The van der Waals surface area contributed by atoms with Crippen molar-refractivity contribution < 1.29 is 14.4 Å². The van der Waals surface area contributed by atoms with Crippen molar-refractivity contribution in [2.75, 3.05) is 0 Å². The molecule has 1 aromatic carbocycles. The van der Waals surface area contributed by atoms with E-state index in [4.69, 9.17) is 4.74 Å². The van der Waals surface area contributed by atoms with Gasteiger partial charge in [-0.25, -0.2) is 0 Å². The lowest BCUT2D eigenvalue weighted by Crippen LogP contribution is -2.54. The molecule has 4 nitrogen and oxygen atoms in total. The lowest BCUT2D eigenvalue weighted by atomic mass is 9.99. The second-order valence-electron chi connectivity index (χ2n) is 7.56. The fraction of sp³-hybridized carbons (Fsp3) is 0.684. The monoisotopic (exact) mass is 479 g/mol. The van der Waals surface area contributed by atoms with Crippen LogP contribution in [-0.2, 0) is 22.6 Å². The highest BCUT2D eigenvalue weighted by atomic mass is 127. The third-order valence-electron chi connectivity index (χ3n) is 4.49. The van der Waals surface area contributed by atoms with Gasteiger partial charge in [-0.2, -0.15) is 0 Å². The van der Waals surface area contributed by atoms with Gasteiger partial charge in [0, 0.05) is 11.4 Å². The molecule has 1 heterocycles. The van der Waals surface area contributed by atoms with Crippen LogP contribution < -0.4 is 0 Å². The maximum absolute atomic E-state index is 13.3. The van der Waals surface area contributed by atoms with E-state index >= 15 is 0 Å². The van der Waals surface area contributed by atoms with Crippen LogP contribution in [0.5, 0.6) is 0 Å². The Kier molecular flexibility index (Phi) is 8.04. The fourth-order valence-electron chi connectivity index (χ4n) is 3.15. The smallest absolute Gasteiger partial charge is 0.166 e. The van der Waals surface area contributed by atoms with Gasteiger partial charge in [0.25, 0.3) is 0 Å². The molecule has 6 heteroatoms. The predicted octanol–water partition coefficient (Wildman–Crippen LogP) is 4.03. The van der Waals surface area contributed by atoms with Crippen LogP contribution >= 0.6 is 22.6 Å². The van der Waals surface area contributed by atoms with E-state index in [0.717, 1.165) is 24.8 Å². The third-order valence-corrected chi connectivity index (χ3v) is 7.60. The molecule has 1 saturated heterocycles. The second-order valence-corrected chi connectivity index (χ2v) is 11.3. The molecule has 2 unspecified atom stereocenters. The van der Waals surface area contributed by atoms with Crippen molar-refractivity contribution in [2.45, 2.75) is 80.6 Å². The van der Waals surface area contributed by atoms with E-state index in [-0.39, 0.29) is 20.8 Å². The average Bonchev–Trinajstić information content (AvgIpc) is 2.57. The molecule has 25 heavy (non-hydrogen) atoms. The SMILES string of the molecule is CC[C@@H]([C@@H]1CCC(I)C(O)O1)N(Cc1ccccc1)[S@@+]([O-])C(C)(C)C. The van der Waals surface area contributed by atoms with E-state index in [0.29, 0.717) is 6.54 Å². The van der Waals surface area contributed by atoms with Crippen LogP contribution in [0.1, 0.15) is 52.5 Å². The highest BCUT2D eigenvalue weighted by molar-refractivity contribution is 14.1. The molecule has 1 aromatic rings. The van der Waals surface area contributed by atoms with E-state index in [1.54, 1.807) is 0 Å². The first-order valence-corrected chi connectivity index (χ1v) is 11.3. The summed E-state index contributed by atoms with van der Waals surface area (Å²) >= 11 is 1.08. The average molecular weight is 479 g/mol. The normalized spacial score (nSPS) is 27.3. The Balaban J connectivity index is 2.25. The van der Waals surface area contributed by atoms with Gasteiger partial charge in [-0.05, 0) is 45.6 Å². The van der Waals surface area contributed by atoms with Gasteiger partial charge in [0.1, 0.15) is 4.75 Å². The predicted molar refractivity (Wildman–Crippen MR) is 112 cm³/mol. The van der Waals surface area contributed by atoms with Gasteiger partial charge < -0.3 is 14.4 Å². The summed E-state index contributed by atoms with van der Waals surface area (Å²) in [6.07, 6.45) is 1.80. The Bertz CT molecular complexity index is 525. The standard InChI is InChI=1S/C19H30INO3S/c1-5-16(17-12-11-15(20)18(22)24-17)21(25(23)19(2,3)4)13-14-9-7-6-8-10-14/h6-10,15-18,22H,5,11-13H2,1-4H3/t15?,16-,17-,18?,25-/m0/s1. The first-order valence-electron chi connectivity index (χ1n) is 8.94. The number of hydrogen-bond acceptors (Lipinski definition) is 4. The van der Waals surface area contributed by atoms with Crippen molar-refractivity contribution in [1.29, 1.82) is 0 Å². The molecule has 0 saturated carbocycles. The van der Waals surface area contributed by atoms with Gasteiger partial charge in [0.15, 0.2) is 6.29 Å². The molecule has 0 amide bonds. The van der Waals surface area contributed by atoms with Crippen molar-refractivity contribution in [3.05, 3.63) is 35.9 Å². The summed E-state index contributed by atoms with van der Waals surface area (Å²) < 4.78 is 21.0. The molecule has 5 atom stereocenters. The molecule has 0 aromatic heterocycles. The Morgan fingerprint density at radius 1 is 1.32 bits per heavy atom. The molecule has 1 aliphatic heterocycles. The molecular formula is C19H30INO3S. The molecule has 0 radical (unpaired) electrons. The largest absolute Gasteiger partial charge is 0.597 e. The highest BCUT2D eigenvalue weighted by Crippen LogP contribution is 2.33. The number of hydrogen-bond donors (Lipinski definition) is 1. The minimum atomic E-state index is -1.16. The Hall–Kier alpha value is 0.140. The summed E-state index contributed by atoms with van der Waals surface area (Å²) in [5, 5.41) is 10.1. The molecule has 1 fully saturated rings. The van der Waals surface area contributed by atoms with Gasteiger partial charge in [-0.3, -0.25) is 0 Å². The molecule has 1 N–H and O–H groups in total. The Morgan fingerprint density at radius 3 is 2.48 bits per heavy atom. The summed E-state index contributed by atoms with van der Waals surface area (Å²) in [5.41, 5.74) is 1.14. The Labute approximate surface area is 168 Å². The van der Waals surface area contributed by atoms with Crippen LogP contribution in [0.3, 0.4) is 0 Å². The zero-order valence-corrected chi connectivity index (χ0v) is 18.5. The van der Waals surface area contributed by atoms with Crippen molar-refractivity contribution in [2.24, 2.45) is 0 Å². The first kappa shape index (κ1) is 21.4. The van der Waals surface area contributed by atoms with Crippen molar-refractivity contribution in [3.8, 4) is 0 Å². The molecule has 0 aliphatic carbocycles. The van der Waals surface area contributed by atoms with Gasteiger partial charge in [-0.15, -0.1) is 4.31 Å². The zero-order valence-electron chi connectivity index (χ0n) is 15.5. The number of alkyl halides is 1. The summed E-state index contributed by atoms with van der Waals surface area (Å²) in [4.78, 5) is 0. The van der Waals surface area contributed by atoms with Gasteiger partial charge in [0.2, 0.25) is 0 Å². The number of aliphatic hydroxyl groups excluding tert-OH is 1. The van der Waals surface area contributed by atoms with Gasteiger partial charge in [-0.1, -0.05) is 59.8 Å². The van der Waals surface area contributed by atoms with Crippen molar-refractivity contribution in [1.82, 2.24) is 4.31 Å². The maximum Gasteiger partial charge on any atom is 0.166 e. The maximum atomic E-state index is 13.3. The Morgan fingerprint density at radius 2 is 1.96 bits per heavy atom. The second kappa shape index (κ2) is 9.37. The minimum Gasteiger partial charge on any atom is -0.597 e. The minimum absolute atomic E-state index is 0.0128. The summed E-state index contributed by atoms with van der Waals surface area (Å²) in [6, 6.07) is 10.2. The lowest BCUT2D eigenvalue weighted by molar-refractivity contribution is -0.170. The number of rotatable bonds is 6. The molecule has 1 aliphatic rings. The van der Waals surface area contributed by atoms with E-state index in [1.165, 1.54) is 0 Å². The number of halogens is 1. The quantitative estimate of drug-likeness (QED) is 0.380. The number of benzene rings is 1. The summed E-state index contributed by atoms with van der Waals surface area (Å²) in [7, 11) is 0. The van der Waals surface area contributed by atoms with Crippen molar-refractivity contribution >= 4 is 34.0 Å². The first-order chi connectivity index (χ1) is 11.7. The number of ether oxygens (including phenoxy) is 1. The van der Waals surface area contributed by atoms with Crippen LogP contribution in [0, 0.1) is 0 Å². The van der Waals surface area contributed by atoms with Gasteiger partial charge >= 0.3 is 0 Å². The van der Waals surface area contributed by atoms with Crippen LogP contribution in [0.25, 0.3) is 0 Å². The molecule has 0 spiro atoms. The topological polar surface area (TPSA) is 55.8 Å². The van der Waals surface area contributed by atoms with Crippen molar-refractivity contribution in [3.63, 3.8) is 0 Å². The van der Waals surface area contributed by atoms with E-state index in [2.05, 4.69) is 46.0 Å². The number of aliphatic hydroxyl groups is 1.